The molecule has 2 saturated heterocycles. The molecule has 0 bridgehead atoms. The molecule has 2 atom stereocenters. The Balaban J connectivity index is 1.50. The van der Waals surface area contributed by atoms with E-state index in [1.165, 1.54) is 12.7 Å². The number of piperidine rings is 2. The van der Waals surface area contributed by atoms with Gasteiger partial charge < -0.3 is 14.5 Å². The molecular weight excluding hydrogens is 472 g/mol. The minimum Gasteiger partial charge on any atom is -0.490 e. The van der Waals surface area contributed by atoms with Crippen molar-refractivity contribution in [2.24, 2.45) is 5.92 Å². The number of aryl methyl sites for hydroxylation is 1. The standard InChI is InChI=1S/C24H29BrN4O3/c1-17-21(14-26-16-27-17)24(31)29-11-8-22(32-20-7-5-6-19(25)13-20)18(15-29)12-23(30)28-9-3-2-4-10-28/h5-7,13-14,16,18,22H,2-4,8-12,15H2,1H3/t18-,22-/m0/s1. The molecule has 2 aliphatic heterocycles. The van der Waals surface area contributed by atoms with Gasteiger partial charge in [-0.2, -0.15) is 0 Å². The maximum Gasteiger partial charge on any atom is 0.257 e. The van der Waals surface area contributed by atoms with E-state index in [0.717, 1.165) is 36.2 Å². The van der Waals surface area contributed by atoms with Crippen LogP contribution >= 0.6 is 15.9 Å². The first-order chi connectivity index (χ1) is 15.5. The van der Waals surface area contributed by atoms with Gasteiger partial charge in [0.25, 0.3) is 5.91 Å². The molecule has 1 aromatic heterocycles. The Hall–Kier alpha value is -2.48. The number of aromatic nitrogens is 2. The van der Waals surface area contributed by atoms with E-state index in [0.29, 0.717) is 37.2 Å². The molecule has 0 aliphatic carbocycles. The van der Waals surface area contributed by atoms with Crippen molar-refractivity contribution in [1.29, 1.82) is 0 Å². The molecule has 170 valence electrons. The minimum atomic E-state index is -0.129. The molecule has 0 spiro atoms. The zero-order valence-corrected chi connectivity index (χ0v) is 20.0. The van der Waals surface area contributed by atoms with E-state index < -0.39 is 0 Å². The lowest BCUT2D eigenvalue weighted by atomic mass is 9.90. The number of hydrogen-bond acceptors (Lipinski definition) is 5. The SMILES string of the molecule is Cc1ncncc1C(=O)N1CC[C@H](Oc2cccc(Br)c2)[C@@H](CC(=O)N2CCCCC2)C1. The second-order valence-electron chi connectivity index (χ2n) is 8.58. The van der Waals surface area contributed by atoms with Crippen molar-refractivity contribution in [2.75, 3.05) is 26.2 Å². The predicted octanol–water partition coefficient (Wildman–Crippen LogP) is 3.86. The molecule has 8 heteroatoms. The number of nitrogens with zero attached hydrogens (tertiary/aromatic N) is 4. The molecule has 7 nitrogen and oxygen atoms in total. The van der Waals surface area contributed by atoms with Crippen molar-refractivity contribution >= 4 is 27.7 Å². The van der Waals surface area contributed by atoms with Crippen LogP contribution in [-0.4, -0.2) is 63.9 Å². The third kappa shape index (κ3) is 5.46. The number of ether oxygens (including phenoxy) is 1. The van der Waals surface area contributed by atoms with Crippen LogP contribution in [-0.2, 0) is 4.79 Å². The number of carbonyl (C=O) groups is 2. The maximum absolute atomic E-state index is 13.2. The number of rotatable bonds is 5. The highest BCUT2D eigenvalue weighted by Crippen LogP contribution is 2.29. The van der Waals surface area contributed by atoms with Gasteiger partial charge in [0.05, 0.1) is 11.3 Å². The first kappa shape index (κ1) is 22.7. The smallest absolute Gasteiger partial charge is 0.257 e. The molecule has 32 heavy (non-hydrogen) atoms. The summed E-state index contributed by atoms with van der Waals surface area (Å²) in [7, 11) is 0. The number of benzene rings is 1. The minimum absolute atomic E-state index is 0.0777. The largest absolute Gasteiger partial charge is 0.490 e. The Morgan fingerprint density at radius 3 is 2.72 bits per heavy atom. The lowest BCUT2D eigenvalue weighted by Gasteiger charge is -2.39. The third-order valence-electron chi connectivity index (χ3n) is 6.32. The lowest BCUT2D eigenvalue weighted by molar-refractivity contribution is -0.134. The molecular formula is C24H29BrN4O3. The third-order valence-corrected chi connectivity index (χ3v) is 6.82. The van der Waals surface area contributed by atoms with Crippen LogP contribution in [0.25, 0.3) is 0 Å². The molecule has 2 amide bonds. The van der Waals surface area contributed by atoms with Crippen molar-refractivity contribution in [3.8, 4) is 5.75 Å². The normalized spacial score (nSPS) is 21.3. The fourth-order valence-electron chi connectivity index (χ4n) is 4.53. The van der Waals surface area contributed by atoms with E-state index >= 15 is 0 Å². The van der Waals surface area contributed by atoms with Gasteiger partial charge >= 0.3 is 0 Å². The van der Waals surface area contributed by atoms with Crippen LogP contribution in [0.3, 0.4) is 0 Å². The van der Waals surface area contributed by atoms with Gasteiger partial charge in [0.1, 0.15) is 18.2 Å². The number of carbonyl (C=O) groups excluding carboxylic acids is 2. The van der Waals surface area contributed by atoms with Gasteiger partial charge in [-0.1, -0.05) is 22.0 Å². The van der Waals surface area contributed by atoms with E-state index in [-0.39, 0.29) is 23.8 Å². The number of likely N-dealkylation sites (tertiary alicyclic amines) is 2. The quantitative estimate of drug-likeness (QED) is 0.622. The van der Waals surface area contributed by atoms with E-state index in [1.54, 1.807) is 6.20 Å². The average Bonchev–Trinajstić information content (AvgIpc) is 2.80. The van der Waals surface area contributed by atoms with Gasteiger partial charge in [0.15, 0.2) is 0 Å². The van der Waals surface area contributed by atoms with Crippen LogP contribution in [0.1, 0.15) is 48.2 Å². The summed E-state index contributed by atoms with van der Waals surface area (Å²) in [6.45, 7) is 4.51. The first-order valence-electron chi connectivity index (χ1n) is 11.3. The van der Waals surface area contributed by atoms with Crippen molar-refractivity contribution in [3.05, 3.63) is 52.5 Å². The molecule has 2 fully saturated rings. The van der Waals surface area contributed by atoms with Gasteiger partial charge in [-0.3, -0.25) is 9.59 Å². The molecule has 0 N–H and O–H groups in total. The fourth-order valence-corrected chi connectivity index (χ4v) is 4.91. The van der Waals surface area contributed by atoms with Crippen LogP contribution in [0, 0.1) is 12.8 Å². The summed E-state index contributed by atoms with van der Waals surface area (Å²) >= 11 is 3.49. The molecule has 0 radical (unpaired) electrons. The highest BCUT2D eigenvalue weighted by atomic mass is 79.9. The first-order valence-corrected chi connectivity index (χ1v) is 12.1. The number of amides is 2. The highest BCUT2D eigenvalue weighted by molar-refractivity contribution is 9.10. The van der Waals surface area contributed by atoms with Crippen LogP contribution in [0.2, 0.25) is 0 Å². The average molecular weight is 501 g/mol. The molecule has 4 rings (SSSR count). The van der Waals surface area contributed by atoms with Gasteiger partial charge in [-0.15, -0.1) is 0 Å². The molecule has 0 unspecified atom stereocenters. The predicted molar refractivity (Wildman–Crippen MR) is 124 cm³/mol. The summed E-state index contributed by atoms with van der Waals surface area (Å²) in [6.07, 6.45) is 7.25. The zero-order chi connectivity index (χ0) is 22.5. The van der Waals surface area contributed by atoms with Crippen molar-refractivity contribution < 1.29 is 14.3 Å². The molecule has 0 saturated carbocycles. The summed E-state index contributed by atoms with van der Waals surface area (Å²) in [6, 6.07) is 7.75. The Morgan fingerprint density at radius 1 is 1.16 bits per heavy atom. The maximum atomic E-state index is 13.2. The van der Waals surface area contributed by atoms with E-state index in [4.69, 9.17) is 4.74 Å². The summed E-state index contributed by atoms with van der Waals surface area (Å²) in [5.74, 6) is 0.767. The highest BCUT2D eigenvalue weighted by Gasteiger charge is 2.36. The van der Waals surface area contributed by atoms with Gasteiger partial charge in [0, 0.05) is 55.6 Å². The lowest BCUT2D eigenvalue weighted by Crippen LogP contribution is -2.50. The second kappa shape index (κ2) is 10.4. The molecule has 3 heterocycles. The summed E-state index contributed by atoms with van der Waals surface area (Å²) in [5, 5.41) is 0. The van der Waals surface area contributed by atoms with Gasteiger partial charge in [-0.05, 0) is 44.4 Å². The number of halogens is 1. The van der Waals surface area contributed by atoms with Crippen LogP contribution in [0.15, 0.2) is 41.3 Å². The summed E-state index contributed by atoms with van der Waals surface area (Å²) in [5.41, 5.74) is 1.18. The zero-order valence-electron chi connectivity index (χ0n) is 18.4. The van der Waals surface area contributed by atoms with Crippen LogP contribution < -0.4 is 4.74 Å². The number of hydrogen-bond donors (Lipinski definition) is 0. The van der Waals surface area contributed by atoms with E-state index in [2.05, 4.69) is 25.9 Å². The van der Waals surface area contributed by atoms with Gasteiger partial charge in [0.2, 0.25) is 5.91 Å². The monoisotopic (exact) mass is 500 g/mol. The molecule has 2 aliphatic rings. The Bertz CT molecular complexity index is 964. The Labute approximate surface area is 197 Å². The second-order valence-corrected chi connectivity index (χ2v) is 9.50. The van der Waals surface area contributed by atoms with E-state index in [1.807, 2.05) is 41.0 Å². The van der Waals surface area contributed by atoms with Gasteiger partial charge in [-0.25, -0.2) is 9.97 Å². The van der Waals surface area contributed by atoms with Crippen molar-refractivity contribution in [2.45, 2.75) is 45.1 Å². The topological polar surface area (TPSA) is 75.6 Å². The fraction of sp³-hybridized carbons (Fsp3) is 0.500. The van der Waals surface area contributed by atoms with Crippen molar-refractivity contribution in [3.63, 3.8) is 0 Å². The van der Waals surface area contributed by atoms with Crippen molar-refractivity contribution in [1.82, 2.24) is 19.8 Å². The summed E-state index contributed by atoms with van der Waals surface area (Å²) < 4.78 is 7.28. The molecule has 1 aromatic carbocycles. The Morgan fingerprint density at radius 2 is 1.97 bits per heavy atom. The van der Waals surface area contributed by atoms with E-state index in [9.17, 15) is 9.59 Å². The summed E-state index contributed by atoms with van der Waals surface area (Å²) in [4.78, 5) is 38.2. The van der Waals surface area contributed by atoms with Crippen LogP contribution in [0.4, 0.5) is 0 Å². The van der Waals surface area contributed by atoms with Crippen LogP contribution in [0.5, 0.6) is 5.75 Å². The molecule has 2 aromatic rings. The Kier molecular flexibility index (Phi) is 7.40.